The number of nitrogens with one attached hydrogen (secondary N) is 1. The van der Waals surface area contributed by atoms with E-state index >= 15 is 0 Å². The molecule has 1 aliphatic heterocycles. The summed E-state index contributed by atoms with van der Waals surface area (Å²) in [6.07, 6.45) is 3.53. The molecule has 1 N–H and O–H groups in total. The number of nitrogens with zero attached hydrogens (tertiary/aromatic N) is 1. The van der Waals surface area contributed by atoms with Gasteiger partial charge in [-0.3, -0.25) is 4.72 Å². The van der Waals surface area contributed by atoms with E-state index in [1.54, 1.807) is 24.3 Å². The molecule has 1 heterocycles. The Labute approximate surface area is 145 Å². The van der Waals surface area contributed by atoms with Crippen molar-refractivity contribution in [2.24, 2.45) is 0 Å². The highest BCUT2D eigenvalue weighted by atomic mass is 79.9. The molecule has 0 unspecified atom stereocenters. The minimum absolute atomic E-state index is 0.244. The fraction of sp³-hybridized carbons (Fsp3) is 0.294. The van der Waals surface area contributed by atoms with E-state index in [0.717, 1.165) is 31.6 Å². The SMILES string of the molecule is O=S(=O)(Nc1ccccc1N1CCCCC1)c1ccccc1Br. The Bertz CT molecular complexity index is 787. The van der Waals surface area contributed by atoms with Gasteiger partial charge in [0.05, 0.1) is 11.4 Å². The van der Waals surface area contributed by atoms with Gasteiger partial charge in [-0.15, -0.1) is 0 Å². The fourth-order valence-electron chi connectivity index (χ4n) is 2.83. The molecule has 0 bridgehead atoms. The van der Waals surface area contributed by atoms with Crippen molar-refractivity contribution in [3.8, 4) is 0 Å². The van der Waals surface area contributed by atoms with Crippen LogP contribution in [0, 0.1) is 0 Å². The second-order valence-corrected chi connectivity index (χ2v) is 8.11. The second-order valence-electron chi connectivity index (χ2n) is 5.60. The molecule has 0 aliphatic carbocycles. The maximum absolute atomic E-state index is 12.7. The van der Waals surface area contributed by atoms with Crippen LogP contribution in [0.4, 0.5) is 11.4 Å². The van der Waals surface area contributed by atoms with Crippen molar-refractivity contribution < 1.29 is 8.42 Å². The lowest BCUT2D eigenvalue weighted by Crippen LogP contribution is -2.30. The molecule has 1 fully saturated rings. The molecule has 0 spiro atoms. The molecule has 122 valence electrons. The number of anilines is 2. The summed E-state index contributed by atoms with van der Waals surface area (Å²) < 4.78 is 28.7. The number of benzene rings is 2. The minimum Gasteiger partial charge on any atom is -0.370 e. The van der Waals surface area contributed by atoms with Gasteiger partial charge in [0.2, 0.25) is 0 Å². The Morgan fingerprint density at radius 1 is 0.913 bits per heavy atom. The van der Waals surface area contributed by atoms with Crippen LogP contribution in [-0.4, -0.2) is 21.5 Å². The lowest BCUT2D eigenvalue weighted by atomic mass is 10.1. The highest BCUT2D eigenvalue weighted by Gasteiger charge is 2.21. The third-order valence-corrected chi connectivity index (χ3v) is 6.35. The molecule has 3 rings (SSSR count). The van der Waals surface area contributed by atoms with Crippen molar-refractivity contribution in [3.63, 3.8) is 0 Å². The average Bonchev–Trinajstić information content (AvgIpc) is 2.56. The number of rotatable bonds is 4. The standard InChI is InChI=1S/C17H19BrN2O2S/c18-14-8-2-5-11-17(14)23(21,22)19-15-9-3-4-10-16(15)20-12-6-1-7-13-20/h2-5,8-11,19H,1,6-7,12-13H2. The van der Waals surface area contributed by atoms with Crippen LogP contribution in [0.25, 0.3) is 0 Å². The predicted molar refractivity (Wildman–Crippen MR) is 97.5 cm³/mol. The summed E-state index contributed by atoms with van der Waals surface area (Å²) in [5.41, 5.74) is 1.58. The number of hydrogen-bond acceptors (Lipinski definition) is 3. The molecule has 0 aromatic heterocycles. The van der Waals surface area contributed by atoms with E-state index in [-0.39, 0.29) is 4.90 Å². The molecule has 6 heteroatoms. The lowest BCUT2D eigenvalue weighted by molar-refractivity contribution is 0.578. The monoisotopic (exact) mass is 394 g/mol. The van der Waals surface area contributed by atoms with Gasteiger partial charge in [-0.1, -0.05) is 24.3 Å². The normalized spacial score (nSPS) is 15.4. The van der Waals surface area contributed by atoms with Gasteiger partial charge < -0.3 is 4.90 Å². The first-order valence-electron chi connectivity index (χ1n) is 7.69. The van der Waals surface area contributed by atoms with Crippen LogP contribution >= 0.6 is 15.9 Å². The van der Waals surface area contributed by atoms with E-state index in [1.807, 2.05) is 24.3 Å². The highest BCUT2D eigenvalue weighted by Crippen LogP contribution is 2.31. The molecular formula is C17H19BrN2O2S. The summed E-state index contributed by atoms with van der Waals surface area (Å²) in [5.74, 6) is 0. The Hall–Kier alpha value is -1.53. The molecule has 4 nitrogen and oxygen atoms in total. The summed E-state index contributed by atoms with van der Waals surface area (Å²) in [6.45, 7) is 1.93. The van der Waals surface area contributed by atoms with Crippen LogP contribution in [-0.2, 0) is 10.0 Å². The maximum Gasteiger partial charge on any atom is 0.263 e. The van der Waals surface area contributed by atoms with Crippen LogP contribution in [0.1, 0.15) is 19.3 Å². The zero-order valence-corrected chi connectivity index (χ0v) is 15.1. The molecule has 0 saturated carbocycles. The number of piperidine rings is 1. The molecule has 2 aromatic rings. The number of para-hydroxylation sites is 2. The molecule has 1 saturated heterocycles. The molecular weight excluding hydrogens is 376 g/mol. The van der Waals surface area contributed by atoms with E-state index in [1.165, 1.54) is 6.42 Å². The Balaban J connectivity index is 1.92. The van der Waals surface area contributed by atoms with Gasteiger partial charge in [0.25, 0.3) is 10.0 Å². The van der Waals surface area contributed by atoms with Gasteiger partial charge in [-0.25, -0.2) is 8.42 Å². The van der Waals surface area contributed by atoms with Gasteiger partial charge >= 0.3 is 0 Å². The molecule has 0 atom stereocenters. The minimum atomic E-state index is -3.63. The summed E-state index contributed by atoms with van der Waals surface area (Å²) in [5, 5.41) is 0. The van der Waals surface area contributed by atoms with Crippen molar-refractivity contribution in [2.75, 3.05) is 22.7 Å². The summed E-state index contributed by atoms with van der Waals surface area (Å²) in [7, 11) is -3.63. The van der Waals surface area contributed by atoms with E-state index < -0.39 is 10.0 Å². The zero-order valence-electron chi connectivity index (χ0n) is 12.7. The topological polar surface area (TPSA) is 49.4 Å². The first-order chi connectivity index (χ1) is 11.1. The smallest absolute Gasteiger partial charge is 0.263 e. The third-order valence-electron chi connectivity index (χ3n) is 3.97. The van der Waals surface area contributed by atoms with Gasteiger partial charge in [-0.2, -0.15) is 0 Å². The third kappa shape index (κ3) is 3.70. The van der Waals surface area contributed by atoms with Crippen molar-refractivity contribution in [1.82, 2.24) is 0 Å². The van der Waals surface area contributed by atoms with E-state index in [2.05, 4.69) is 25.6 Å². The second kappa shape index (κ2) is 6.93. The summed E-state index contributed by atoms with van der Waals surface area (Å²) in [6, 6.07) is 14.4. The Kier molecular flexibility index (Phi) is 4.92. The van der Waals surface area contributed by atoms with Gasteiger partial charge in [0.1, 0.15) is 4.90 Å². The fourth-order valence-corrected chi connectivity index (χ4v) is 4.91. The molecule has 0 radical (unpaired) electrons. The molecule has 1 aliphatic rings. The highest BCUT2D eigenvalue weighted by molar-refractivity contribution is 9.10. The quantitative estimate of drug-likeness (QED) is 0.843. The van der Waals surface area contributed by atoms with Crippen LogP contribution in [0.3, 0.4) is 0 Å². The number of hydrogen-bond donors (Lipinski definition) is 1. The van der Waals surface area contributed by atoms with Crippen molar-refractivity contribution in [3.05, 3.63) is 53.0 Å². The predicted octanol–water partition coefficient (Wildman–Crippen LogP) is 4.24. The van der Waals surface area contributed by atoms with Crippen molar-refractivity contribution >= 4 is 37.3 Å². The van der Waals surface area contributed by atoms with Crippen LogP contribution in [0.15, 0.2) is 57.9 Å². The maximum atomic E-state index is 12.7. The number of halogens is 1. The van der Waals surface area contributed by atoms with Crippen LogP contribution < -0.4 is 9.62 Å². The molecule has 0 amide bonds. The van der Waals surface area contributed by atoms with Gasteiger partial charge in [0.15, 0.2) is 0 Å². The van der Waals surface area contributed by atoms with Gasteiger partial charge in [-0.05, 0) is 59.5 Å². The van der Waals surface area contributed by atoms with Crippen molar-refractivity contribution in [2.45, 2.75) is 24.2 Å². The Morgan fingerprint density at radius 3 is 2.30 bits per heavy atom. The average molecular weight is 395 g/mol. The van der Waals surface area contributed by atoms with Crippen LogP contribution in [0.5, 0.6) is 0 Å². The first-order valence-corrected chi connectivity index (χ1v) is 9.97. The molecule has 23 heavy (non-hydrogen) atoms. The van der Waals surface area contributed by atoms with E-state index in [4.69, 9.17) is 0 Å². The van der Waals surface area contributed by atoms with E-state index in [9.17, 15) is 8.42 Å². The first kappa shape index (κ1) is 16.3. The molecule has 2 aromatic carbocycles. The van der Waals surface area contributed by atoms with Crippen molar-refractivity contribution in [1.29, 1.82) is 0 Å². The summed E-state index contributed by atoms with van der Waals surface area (Å²) >= 11 is 3.31. The zero-order chi connectivity index (χ0) is 16.3. The van der Waals surface area contributed by atoms with Crippen LogP contribution in [0.2, 0.25) is 0 Å². The lowest BCUT2D eigenvalue weighted by Gasteiger charge is -2.30. The summed E-state index contributed by atoms with van der Waals surface area (Å²) in [4.78, 5) is 2.50. The van der Waals surface area contributed by atoms with E-state index in [0.29, 0.717) is 10.2 Å². The largest absolute Gasteiger partial charge is 0.370 e. The Morgan fingerprint density at radius 2 is 1.57 bits per heavy atom. The number of sulfonamides is 1. The van der Waals surface area contributed by atoms with Gasteiger partial charge in [0, 0.05) is 17.6 Å².